The molecule has 0 spiro atoms. The Bertz CT molecular complexity index is 1100. The Morgan fingerprint density at radius 3 is 2.53 bits per heavy atom. The van der Waals surface area contributed by atoms with Gasteiger partial charge >= 0.3 is 0 Å². The summed E-state index contributed by atoms with van der Waals surface area (Å²) in [7, 11) is 1.85. The highest BCUT2D eigenvalue weighted by atomic mass is 79.9. The van der Waals surface area contributed by atoms with Gasteiger partial charge in [0.2, 0.25) is 0 Å². The van der Waals surface area contributed by atoms with Crippen LogP contribution in [-0.2, 0) is 7.05 Å². The van der Waals surface area contributed by atoms with Gasteiger partial charge in [-0.2, -0.15) is 0 Å². The zero-order valence-electron chi connectivity index (χ0n) is 17.7. The number of aromatic nitrogens is 2. The Kier molecular flexibility index (Phi) is 7.15. The second kappa shape index (κ2) is 9.80. The van der Waals surface area contributed by atoms with Crippen LogP contribution in [0.5, 0.6) is 11.5 Å². The Balaban J connectivity index is 1.99. The van der Waals surface area contributed by atoms with Gasteiger partial charge in [0.05, 0.1) is 29.1 Å². The first-order chi connectivity index (χ1) is 14.5. The molecule has 7 heteroatoms. The molecular formula is C23H26BrN3O3. The summed E-state index contributed by atoms with van der Waals surface area (Å²) in [5.41, 5.74) is 2.63. The van der Waals surface area contributed by atoms with Gasteiger partial charge in [-0.15, -0.1) is 0 Å². The lowest BCUT2D eigenvalue weighted by atomic mass is 10.2. The van der Waals surface area contributed by atoms with E-state index in [1.54, 1.807) is 10.9 Å². The van der Waals surface area contributed by atoms with Crippen LogP contribution in [0.2, 0.25) is 0 Å². The number of benzene rings is 2. The van der Waals surface area contributed by atoms with Gasteiger partial charge in [-0.05, 0) is 66.0 Å². The first-order valence-corrected chi connectivity index (χ1v) is 10.7. The van der Waals surface area contributed by atoms with Crippen molar-refractivity contribution in [1.29, 1.82) is 0 Å². The molecule has 0 aliphatic rings. The summed E-state index contributed by atoms with van der Waals surface area (Å²) in [6.45, 7) is 7.00. The monoisotopic (exact) mass is 471 g/mol. The molecule has 0 bridgehead atoms. The molecule has 30 heavy (non-hydrogen) atoms. The largest absolute Gasteiger partial charge is 0.490 e. The van der Waals surface area contributed by atoms with Crippen LogP contribution in [0.25, 0.3) is 5.69 Å². The van der Waals surface area contributed by atoms with E-state index < -0.39 is 0 Å². The molecule has 158 valence electrons. The zero-order chi connectivity index (χ0) is 21.7. The summed E-state index contributed by atoms with van der Waals surface area (Å²) in [6.07, 6.45) is 2.58. The summed E-state index contributed by atoms with van der Waals surface area (Å²) in [5.74, 6) is 1.33. The van der Waals surface area contributed by atoms with E-state index in [4.69, 9.17) is 9.47 Å². The van der Waals surface area contributed by atoms with Gasteiger partial charge in [-0.3, -0.25) is 9.48 Å². The summed E-state index contributed by atoms with van der Waals surface area (Å²) < 4.78 is 15.8. The number of hydrogen-bond donors (Lipinski definition) is 0. The van der Waals surface area contributed by atoms with Gasteiger partial charge in [0.15, 0.2) is 17.2 Å². The summed E-state index contributed by atoms with van der Waals surface area (Å²) in [6, 6.07) is 13.3. The maximum atomic E-state index is 13.0. The normalized spacial score (nSPS) is 11.2. The SMILES string of the molecule is CCCOc1c(Br)cc(C=Nc2c(C)n(C)n(-c3ccccc3)c2=O)cc1OCC. The molecule has 0 saturated heterocycles. The van der Waals surface area contributed by atoms with Crippen molar-refractivity contribution in [2.75, 3.05) is 13.2 Å². The Morgan fingerprint density at radius 1 is 1.13 bits per heavy atom. The topological polar surface area (TPSA) is 57.8 Å². The third kappa shape index (κ3) is 4.51. The molecule has 1 aromatic heterocycles. The number of halogens is 1. The average molecular weight is 472 g/mol. The molecule has 0 unspecified atom stereocenters. The minimum Gasteiger partial charge on any atom is -0.490 e. The molecule has 1 heterocycles. The van der Waals surface area contributed by atoms with Crippen molar-refractivity contribution in [2.45, 2.75) is 27.2 Å². The van der Waals surface area contributed by atoms with Gasteiger partial charge < -0.3 is 9.47 Å². The van der Waals surface area contributed by atoms with E-state index in [1.807, 2.05) is 68.0 Å². The van der Waals surface area contributed by atoms with Crippen molar-refractivity contribution in [3.05, 3.63) is 68.5 Å². The fourth-order valence-electron chi connectivity index (χ4n) is 3.11. The zero-order valence-corrected chi connectivity index (χ0v) is 19.3. The molecule has 0 amide bonds. The maximum Gasteiger partial charge on any atom is 0.297 e. The molecule has 0 fully saturated rings. The van der Waals surface area contributed by atoms with Crippen LogP contribution in [0.3, 0.4) is 0 Å². The van der Waals surface area contributed by atoms with Gasteiger partial charge in [0.1, 0.15) is 0 Å². The van der Waals surface area contributed by atoms with Crippen LogP contribution in [0.1, 0.15) is 31.5 Å². The summed E-state index contributed by atoms with van der Waals surface area (Å²) in [5, 5.41) is 0. The number of ether oxygens (including phenoxy) is 2. The lowest BCUT2D eigenvalue weighted by molar-refractivity contribution is 0.275. The summed E-state index contributed by atoms with van der Waals surface area (Å²) >= 11 is 3.56. The lowest BCUT2D eigenvalue weighted by Crippen LogP contribution is -2.19. The third-order valence-electron chi connectivity index (χ3n) is 4.65. The van der Waals surface area contributed by atoms with Gasteiger partial charge in [0, 0.05) is 13.3 Å². The van der Waals surface area contributed by atoms with Crippen molar-refractivity contribution in [3.63, 3.8) is 0 Å². The fraction of sp³-hybridized carbons (Fsp3) is 0.304. The van der Waals surface area contributed by atoms with Crippen molar-refractivity contribution in [3.8, 4) is 17.2 Å². The highest BCUT2D eigenvalue weighted by molar-refractivity contribution is 9.10. The molecule has 3 aromatic rings. The second-order valence-corrected chi connectivity index (χ2v) is 7.63. The van der Waals surface area contributed by atoms with Gasteiger partial charge in [-0.25, -0.2) is 9.67 Å². The molecule has 0 aliphatic carbocycles. The Labute approximate surface area is 184 Å². The number of para-hydroxylation sites is 1. The van der Waals surface area contributed by atoms with Crippen LogP contribution < -0.4 is 15.0 Å². The standard InChI is InChI=1S/C23H26BrN3O3/c1-5-12-30-22-19(24)13-17(14-20(22)29-6-2)15-25-21-16(3)26(4)27(23(21)28)18-10-8-7-9-11-18/h7-11,13-15H,5-6,12H2,1-4H3. The maximum absolute atomic E-state index is 13.0. The van der Waals surface area contributed by atoms with E-state index >= 15 is 0 Å². The molecule has 0 radical (unpaired) electrons. The van der Waals surface area contributed by atoms with E-state index in [-0.39, 0.29) is 5.56 Å². The van der Waals surface area contributed by atoms with Crippen LogP contribution in [-0.4, -0.2) is 28.8 Å². The predicted octanol–water partition coefficient (Wildman–Crippen LogP) is 5.19. The van der Waals surface area contributed by atoms with Crippen molar-refractivity contribution in [2.24, 2.45) is 12.0 Å². The van der Waals surface area contributed by atoms with Crippen molar-refractivity contribution < 1.29 is 9.47 Å². The van der Waals surface area contributed by atoms with Gasteiger partial charge in [0.25, 0.3) is 5.56 Å². The quantitative estimate of drug-likeness (QED) is 0.425. The smallest absolute Gasteiger partial charge is 0.297 e. The van der Waals surface area contributed by atoms with E-state index in [2.05, 4.69) is 27.8 Å². The van der Waals surface area contributed by atoms with Crippen molar-refractivity contribution in [1.82, 2.24) is 9.36 Å². The predicted molar refractivity (Wildman–Crippen MR) is 124 cm³/mol. The first-order valence-electron chi connectivity index (χ1n) is 9.95. The molecule has 2 aromatic carbocycles. The highest BCUT2D eigenvalue weighted by Gasteiger charge is 2.16. The number of hydrogen-bond acceptors (Lipinski definition) is 4. The van der Waals surface area contributed by atoms with Crippen LogP contribution in [0.4, 0.5) is 5.69 Å². The van der Waals surface area contributed by atoms with Crippen molar-refractivity contribution >= 4 is 27.8 Å². The number of rotatable bonds is 8. The van der Waals surface area contributed by atoms with Crippen LogP contribution >= 0.6 is 15.9 Å². The number of nitrogens with zero attached hydrogens (tertiary/aromatic N) is 3. The average Bonchev–Trinajstić information content (AvgIpc) is 2.95. The van der Waals surface area contributed by atoms with E-state index in [9.17, 15) is 4.79 Å². The molecule has 0 aliphatic heterocycles. The van der Waals surface area contributed by atoms with Crippen LogP contribution in [0.15, 0.2) is 56.7 Å². The van der Waals surface area contributed by atoms with Crippen LogP contribution in [0, 0.1) is 6.92 Å². The summed E-state index contributed by atoms with van der Waals surface area (Å²) in [4.78, 5) is 17.5. The lowest BCUT2D eigenvalue weighted by Gasteiger charge is -2.14. The molecule has 6 nitrogen and oxygen atoms in total. The third-order valence-corrected chi connectivity index (χ3v) is 5.24. The Morgan fingerprint density at radius 2 is 1.87 bits per heavy atom. The second-order valence-electron chi connectivity index (χ2n) is 6.78. The molecule has 0 N–H and O–H groups in total. The molecule has 3 rings (SSSR count). The highest BCUT2D eigenvalue weighted by Crippen LogP contribution is 2.36. The molecule has 0 saturated carbocycles. The molecular weight excluding hydrogens is 446 g/mol. The first kappa shape index (κ1) is 21.9. The minimum atomic E-state index is -0.163. The Hall–Kier alpha value is -2.80. The van der Waals surface area contributed by atoms with E-state index in [0.29, 0.717) is 30.4 Å². The van der Waals surface area contributed by atoms with E-state index in [0.717, 1.165) is 27.8 Å². The minimum absolute atomic E-state index is 0.163. The van der Waals surface area contributed by atoms with Gasteiger partial charge in [-0.1, -0.05) is 25.1 Å². The number of aliphatic imine (C=N–C) groups is 1. The fourth-order valence-corrected chi connectivity index (χ4v) is 3.69. The molecule has 0 atom stereocenters. The van der Waals surface area contributed by atoms with E-state index in [1.165, 1.54) is 0 Å².